The fourth-order valence-electron chi connectivity index (χ4n) is 1.58. The van der Waals surface area contributed by atoms with Crippen molar-refractivity contribution in [1.82, 2.24) is 0 Å². The van der Waals surface area contributed by atoms with Gasteiger partial charge in [-0.15, -0.1) is 0 Å². The minimum absolute atomic E-state index is 0.148. The third-order valence-electron chi connectivity index (χ3n) is 2.38. The van der Waals surface area contributed by atoms with E-state index in [1.807, 2.05) is 0 Å². The summed E-state index contributed by atoms with van der Waals surface area (Å²) in [6, 6.07) is 4.75. The van der Waals surface area contributed by atoms with Crippen molar-refractivity contribution in [3.8, 4) is 5.75 Å². The molecule has 0 saturated heterocycles. The third kappa shape index (κ3) is 1.44. The summed E-state index contributed by atoms with van der Waals surface area (Å²) in [5.74, 6) is -0.213. The molecule has 0 radical (unpaired) electrons. The van der Waals surface area contributed by atoms with Gasteiger partial charge in [0.05, 0.1) is 13.5 Å². The molecule has 2 N–H and O–H groups in total. The van der Waals surface area contributed by atoms with Crippen LogP contribution in [0, 0.1) is 0 Å². The second kappa shape index (κ2) is 3.31. The van der Waals surface area contributed by atoms with Gasteiger partial charge in [-0.05, 0) is 18.2 Å². The molecule has 4 heteroatoms. The van der Waals surface area contributed by atoms with Crippen molar-refractivity contribution < 1.29 is 19.7 Å². The Morgan fingerprint density at radius 1 is 1.27 bits per heavy atom. The zero-order chi connectivity index (χ0) is 11.0. The maximum absolute atomic E-state index is 11.5. The van der Waals surface area contributed by atoms with Crippen LogP contribution >= 0.6 is 0 Å². The van der Waals surface area contributed by atoms with Crippen LogP contribution in [0.3, 0.4) is 0 Å². The Morgan fingerprint density at radius 3 is 2.67 bits per heavy atom. The van der Waals surface area contributed by atoms with Gasteiger partial charge in [0.15, 0.2) is 11.5 Å². The average molecular weight is 206 g/mol. The third-order valence-corrected chi connectivity index (χ3v) is 2.38. The molecule has 0 saturated carbocycles. The van der Waals surface area contributed by atoms with Crippen molar-refractivity contribution in [2.75, 3.05) is 7.11 Å². The molecule has 0 unspecified atom stereocenters. The van der Waals surface area contributed by atoms with Crippen molar-refractivity contribution in [2.24, 2.45) is 0 Å². The van der Waals surface area contributed by atoms with Crippen LogP contribution in [0.1, 0.15) is 22.3 Å². The quantitative estimate of drug-likeness (QED) is 0.738. The Kier molecular flexibility index (Phi) is 2.11. The second-order valence-electron chi connectivity index (χ2n) is 3.31. The maximum Gasteiger partial charge on any atom is 0.171 e. The van der Waals surface area contributed by atoms with Crippen LogP contribution in [0.5, 0.6) is 5.75 Å². The van der Waals surface area contributed by atoms with E-state index in [2.05, 4.69) is 0 Å². The second-order valence-corrected chi connectivity index (χ2v) is 3.31. The van der Waals surface area contributed by atoms with E-state index < -0.39 is 0 Å². The number of ketones is 1. The lowest BCUT2D eigenvalue weighted by Gasteiger charge is -2.15. The molecular weight excluding hydrogens is 196 g/mol. The highest BCUT2D eigenvalue weighted by molar-refractivity contribution is 6.04. The maximum atomic E-state index is 11.5. The number of Topliss-reactive ketones (excluding diaryl/α,β-unsaturated/α-hetero) is 1. The van der Waals surface area contributed by atoms with Gasteiger partial charge in [0.1, 0.15) is 11.5 Å². The van der Waals surface area contributed by atoms with Gasteiger partial charge in [0, 0.05) is 11.1 Å². The molecule has 78 valence electrons. The van der Waals surface area contributed by atoms with Crippen molar-refractivity contribution in [3.63, 3.8) is 0 Å². The first-order valence-electron chi connectivity index (χ1n) is 4.46. The van der Waals surface area contributed by atoms with Gasteiger partial charge in [0.2, 0.25) is 0 Å². The molecule has 1 aliphatic rings. The zero-order valence-corrected chi connectivity index (χ0v) is 8.15. The number of methoxy groups -OCH3 is 1. The normalized spacial score (nSPS) is 15.1. The minimum Gasteiger partial charge on any atom is -0.508 e. The number of carbonyl (C=O) groups is 1. The van der Waals surface area contributed by atoms with Gasteiger partial charge in [-0.3, -0.25) is 4.79 Å². The van der Waals surface area contributed by atoms with Crippen LogP contribution in [-0.4, -0.2) is 23.1 Å². The monoisotopic (exact) mass is 206 g/mol. The smallest absolute Gasteiger partial charge is 0.171 e. The number of benzene rings is 1. The molecule has 15 heavy (non-hydrogen) atoms. The van der Waals surface area contributed by atoms with Crippen LogP contribution in [0.25, 0.3) is 5.76 Å². The van der Waals surface area contributed by atoms with Crippen molar-refractivity contribution >= 4 is 11.5 Å². The Labute approximate surface area is 86.4 Å². The topological polar surface area (TPSA) is 66.8 Å². The first-order valence-corrected chi connectivity index (χ1v) is 4.46. The summed E-state index contributed by atoms with van der Waals surface area (Å²) in [6.45, 7) is 0. The molecule has 0 bridgehead atoms. The summed E-state index contributed by atoms with van der Waals surface area (Å²) in [4.78, 5) is 11.5. The molecule has 0 amide bonds. The number of hydrogen-bond acceptors (Lipinski definition) is 4. The number of aliphatic hydroxyl groups excluding tert-OH is 2. The summed E-state index contributed by atoms with van der Waals surface area (Å²) in [6.07, 6.45) is -0.148. The first-order chi connectivity index (χ1) is 7.13. The number of rotatable bonds is 1. The van der Waals surface area contributed by atoms with E-state index >= 15 is 0 Å². The van der Waals surface area contributed by atoms with E-state index in [0.29, 0.717) is 16.9 Å². The standard InChI is InChI=1S/C11H10O4/c1-15-6-2-3-7-8(4-6)11(14)10(13)5-9(7)12/h2-4,13-14H,5H2,1H3. The molecule has 0 atom stereocenters. The Bertz CT molecular complexity index is 460. The molecule has 0 heterocycles. The highest BCUT2D eigenvalue weighted by Gasteiger charge is 2.24. The van der Waals surface area contributed by atoms with Crippen LogP contribution in [0.2, 0.25) is 0 Å². The Hall–Kier alpha value is -1.97. The van der Waals surface area contributed by atoms with E-state index in [1.54, 1.807) is 12.1 Å². The fraction of sp³-hybridized carbons (Fsp3) is 0.182. The highest BCUT2D eigenvalue weighted by Crippen LogP contribution is 2.30. The lowest BCUT2D eigenvalue weighted by atomic mass is 9.93. The SMILES string of the molecule is COc1ccc2c(c1)C(O)=C(O)CC2=O. The summed E-state index contributed by atoms with van der Waals surface area (Å²) in [5, 5.41) is 18.9. The summed E-state index contributed by atoms with van der Waals surface area (Å²) >= 11 is 0. The molecule has 0 aliphatic heterocycles. The van der Waals surface area contributed by atoms with Crippen LogP contribution in [-0.2, 0) is 0 Å². The Balaban J connectivity index is 2.64. The lowest BCUT2D eigenvalue weighted by Crippen LogP contribution is -2.12. The van der Waals surface area contributed by atoms with E-state index in [-0.39, 0.29) is 23.7 Å². The number of carbonyl (C=O) groups excluding carboxylic acids is 1. The highest BCUT2D eigenvalue weighted by atomic mass is 16.5. The van der Waals surface area contributed by atoms with Crippen LogP contribution in [0.4, 0.5) is 0 Å². The number of ether oxygens (including phenoxy) is 1. The number of hydrogen-bond donors (Lipinski definition) is 2. The lowest BCUT2D eigenvalue weighted by molar-refractivity contribution is 0.0974. The van der Waals surface area contributed by atoms with Crippen molar-refractivity contribution in [3.05, 3.63) is 35.1 Å². The largest absolute Gasteiger partial charge is 0.508 e. The molecule has 2 rings (SSSR count). The van der Waals surface area contributed by atoms with Gasteiger partial charge >= 0.3 is 0 Å². The molecular formula is C11H10O4. The first kappa shape index (κ1) is 9.58. The van der Waals surface area contributed by atoms with E-state index in [0.717, 1.165) is 0 Å². The molecule has 0 fully saturated rings. The molecule has 1 aromatic rings. The minimum atomic E-state index is -0.291. The van der Waals surface area contributed by atoms with Crippen LogP contribution in [0.15, 0.2) is 24.0 Å². The number of allylic oxidation sites excluding steroid dienone is 1. The summed E-state index contributed by atoms with van der Waals surface area (Å²) in [7, 11) is 1.49. The number of aliphatic hydroxyl groups is 2. The van der Waals surface area contributed by atoms with Crippen molar-refractivity contribution in [2.45, 2.75) is 6.42 Å². The molecule has 0 aromatic heterocycles. The average Bonchev–Trinajstić information content (AvgIpc) is 2.25. The van der Waals surface area contributed by atoms with E-state index in [4.69, 9.17) is 4.74 Å². The Morgan fingerprint density at radius 2 is 2.00 bits per heavy atom. The molecule has 4 nitrogen and oxygen atoms in total. The van der Waals surface area contributed by atoms with Gasteiger partial charge in [-0.2, -0.15) is 0 Å². The number of fused-ring (bicyclic) bond motifs is 1. The summed E-state index contributed by atoms with van der Waals surface area (Å²) < 4.78 is 4.97. The predicted molar refractivity (Wildman–Crippen MR) is 54.1 cm³/mol. The van der Waals surface area contributed by atoms with Gasteiger partial charge in [-0.1, -0.05) is 0 Å². The fourth-order valence-corrected chi connectivity index (χ4v) is 1.58. The zero-order valence-electron chi connectivity index (χ0n) is 8.15. The molecule has 0 spiro atoms. The molecule has 1 aliphatic carbocycles. The van der Waals surface area contributed by atoms with E-state index in [9.17, 15) is 15.0 Å². The van der Waals surface area contributed by atoms with E-state index in [1.165, 1.54) is 13.2 Å². The van der Waals surface area contributed by atoms with Gasteiger partial charge in [0.25, 0.3) is 0 Å². The summed E-state index contributed by atoms with van der Waals surface area (Å²) in [5.41, 5.74) is 0.731. The molecule has 1 aromatic carbocycles. The van der Waals surface area contributed by atoms with Crippen LogP contribution < -0.4 is 4.74 Å². The van der Waals surface area contributed by atoms with Crippen molar-refractivity contribution in [1.29, 1.82) is 0 Å². The van der Waals surface area contributed by atoms with Gasteiger partial charge < -0.3 is 14.9 Å². The van der Waals surface area contributed by atoms with Gasteiger partial charge in [-0.25, -0.2) is 0 Å². The predicted octanol–water partition coefficient (Wildman–Crippen LogP) is 2.07.